The van der Waals surface area contributed by atoms with Crippen molar-refractivity contribution in [1.29, 1.82) is 0 Å². The minimum absolute atomic E-state index is 0. The number of nitrogens with one attached hydrogen (secondary N) is 2. The van der Waals surface area contributed by atoms with E-state index >= 15 is 0 Å². The first kappa shape index (κ1) is 16.9. The maximum atomic E-state index is 6.06. The Bertz CT molecular complexity index is 520. The summed E-state index contributed by atoms with van der Waals surface area (Å²) in [5.74, 6) is 2.31. The van der Waals surface area contributed by atoms with E-state index in [0.29, 0.717) is 18.0 Å². The molecule has 5 heteroatoms. The van der Waals surface area contributed by atoms with E-state index in [2.05, 4.69) is 41.6 Å². The minimum atomic E-state index is 0. The number of aliphatic imine (C=N–C) groups is 1. The summed E-state index contributed by atoms with van der Waals surface area (Å²) in [4.78, 5) is 4.53. The number of halogens is 2. The van der Waals surface area contributed by atoms with E-state index in [0.717, 1.165) is 29.9 Å². The Labute approximate surface area is 149 Å². The van der Waals surface area contributed by atoms with Gasteiger partial charge in [-0.3, -0.25) is 4.99 Å². The second kappa shape index (κ2) is 7.18. The van der Waals surface area contributed by atoms with E-state index < -0.39 is 0 Å². The minimum Gasteiger partial charge on any atom is -0.353 e. The van der Waals surface area contributed by atoms with Crippen LogP contribution in [0, 0.1) is 5.92 Å². The van der Waals surface area contributed by atoms with Crippen molar-refractivity contribution >= 4 is 41.5 Å². The molecule has 2 saturated carbocycles. The van der Waals surface area contributed by atoms with Crippen molar-refractivity contribution in [2.75, 3.05) is 6.54 Å². The molecule has 0 heterocycles. The summed E-state index contributed by atoms with van der Waals surface area (Å²) < 4.78 is 0. The van der Waals surface area contributed by atoms with Crippen LogP contribution in [-0.4, -0.2) is 24.6 Å². The van der Waals surface area contributed by atoms with Crippen LogP contribution in [-0.2, 0) is 0 Å². The van der Waals surface area contributed by atoms with Gasteiger partial charge in [-0.05, 0) is 43.4 Å². The first-order chi connectivity index (χ1) is 9.67. The van der Waals surface area contributed by atoms with Crippen LogP contribution in [0.5, 0.6) is 0 Å². The largest absolute Gasteiger partial charge is 0.353 e. The number of benzene rings is 1. The fourth-order valence-electron chi connectivity index (χ4n) is 2.63. The Morgan fingerprint density at radius 2 is 2.00 bits per heavy atom. The molecule has 0 saturated heterocycles. The third-order valence-electron chi connectivity index (χ3n) is 4.14. The highest BCUT2D eigenvalue weighted by molar-refractivity contribution is 14.0. The standard InChI is InChI=1S/C16H22ClN3.HI/c1-3-18-16(19-14-7-10(14)2)20-15-9-13(15)11-5-4-6-12(17)8-11;/h4-6,8,10,13-15H,3,7,9H2,1-2H3,(H2,18,19,20);1H. The van der Waals surface area contributed by atoms with E-state index in [1.165, 1.54) is 12.0 Å². The molecule has 0 spiro atoms. The maximum absolute atomic E-state index is 6.06. The lowest BCUT2D eigenvalue weighted by Gasteiger charge is -2.12. The molecule has 4 unspecified atom stereocenters. The SMILES string of the molecule is CCN=C(NC1CC1C)NC1CC1c1cccc(Cl)c1.I. The Morgan fingerprint density at radius 3 is 2.62 bits per heavy atom. The van der Waals surface area contributed by atoms with Crippen LogP contribution in [0.3, 0.4) is 0 Å². The summed E-state index contributed by atoms with van der Waals surface area (Å²) in [5, 5.41) is 7.88. The highest BCUT2D eigenvalue weighted by Gasteiger charge is 2.40. The lowest BCUT2D eigenvalue weighted by Crippen LogP contribution is -2.40. The molecule has 2 aliphatic carbocycles. The van der Waals surface area contributed by atoms with E-state index in [9.17, 15) is 0 Å². The highest BCUT2D eigenvalue weighted by Crippen LogP contribution is 2.41. The van der Waals surface area contributed by atoms with Crippen molar-refractivity contribution in [1.82, 2.24) is 10.6 Å². The van der Waals surface area contributed by atoms with E-state index in [-0.39, 0.29) is 24.0 Å². The number of guanidine groups is 1. The Balaban J connectivity index is 0.00000161. The molecule has 21 heavy (non-hydrogen) atoms. The Hall–Kier alpha value is -0.490. The molecule has 2 fully saturated rings. The average Bonchev–Trinajstić information content (AvgIpc) is 3.30. The van der Waals surface area contributed by atoms with Crippen molar-refractivity contribution in [2.45, 2.75) is 44.7 Å². The molecule has 2 N–H and O–H groups in total. The first-order valence-corrected chi connectivity index (χ1v) is 7.88. The molecule has 116 valence electrons. The van der Waals surface area contributed by atoms with Gasteiger partial charge in [-0.25, -0.2) is 0 Å². The average molecular weight is 420 g/mol. The molecule has 0 radical (unpaired) electrons. The van der Waals surface area contributed by atoms with Gasteiger partial charge in [-0.2, -0.15) is 0 Å². The van der Waals surface area contributed by atoms with Gasteiger partial charge in [-0.1, -0.05) is 30.7 Å². The van der Waals surface area contributed by atoms with Crippen LogP contribution in [0.2, 0.25) is 5.02 Å². The molecular formula is C16H23ClIN3. The molecule has 0 aromatic heterocycles. The zero-order valence-electron chi connectivity index (χ0n) is 12.5. The molecule has 2 aliphatic rings. The smallest absolute Gasteiger partial charge is 0.191 e. The molecule has 3 nitrogen and oxygen atoms in total. The predicted molar refractivity (Wildman–Crippen MR) is 99.8 cm³/mol. The molecule has 1 aromatic rings. The van der Waals surface area contributed by atoms with Gasteiger partial charge >= 0.3 is 0 Å². The van der Waals surface area contributed by atoms with E-state index in [1.54, 1.807) is 0 Å². The van der Waals surface area contributed by atoms with E-state index in [4.69, 9.17) is 11.6 Å². The third-order valence-corrected chi connectivity index (χ3v) is 4.37. The summed E-state index contributed by atoms with van der Waals surface area (Å²) in [7, 11) is 0. The van der Waals surface area contributed by atoms with Gasteiger partial charge in [0.15, 0.2) is 5.96 Å². The fraction of sp³-hybridized carbons (Fsp3) is 0.562. The molecule has 4 atom stereocenters. The second-order valence-corrected chi connectivity index (χ2v) is 6.37. The number of hydrogen-bond donors (Lipinski definition) is 2. The molecule has 1 aromatic carbocycles. The first-order valence-electron chi connectivity index (χ1n) is 7.50. The van der Waals surface area contributed by atoms with Crippen molar-refractivity contribution in [3.8, 4) is 0 Å². The monoisotopic (exact) mass is 419 g/mol. The van der Waals surface area contributed by atoms with Crippen molar-refractivity contribution in [3.05, 3.63) is 34.9 Å². The summed E-state index contributed by atoms with van der Waals surface area (Å²) in [5.41, 5.74) is 1.32. The van der Waals surface area contributed by atoms with Crippen molar-refractivity contribution < 1.29 is 0 Å². The summed E-state index contributed by atoms with van der Waals surface area (Å²) in [6.07, 6.45) is 2.41. The third kappa shape index (κ3) is 4.49. The summed E-state index contributed by atoms with van der Waals surface area (Å²) in [6, 6.07) is 9.27. The van der Waals surface area contributed by atoms with Crippen LogP contribution in [0.25, 0.3) is 0 Å². The van der Waals surface area contributed by atoms with Gasteiger partial charge in [0.25, 0.3) is 0 Å². The van der Waals surface area contributed by atoms with Gasteiger partial charge < -0.3 is 10.6 Å². The van der Waals surface area contributed by atoms with Crippen LogP contribution in [0.4, 0.5) is 0 Å². The molecule has 0 amide bonds. The quantitative estimate of drug-likeness (QED) is 0.443. The number of rotatable bonds is 4. The fourth-order valence-corrected chi connectivity index (χ4v) is 2.82. The van der Waals surface area contributed by atoms with Crippen molar-refractivity contribution in [2.24, 2.45) is 10.9 Å². The maximum Gasteiger partial charge on any atom is 0.191 e. The lowest BCUT2D eigenvalue weighted by molar-refractivity contribution is 0.749. The summed E-state index contributed by atoms with van der Waals surface area (Å²) in [6.45, 7) is 5.15. The van der Waals surface area contributed by atoms with Gasteiger partial charge in [0.05, 0.1) is 0 Å². The second-order valence-electron chi connectivity index (χ2n) is 5.93. The van der Waals surface area contributed by atoms with Gasteiger partial charge in [0, 0.05) is 29.6 Å². The topological polar surface area (TPSA) is 36.4 Å². The predicted octanol–water partition coefficient (Wildman–Crippen LogP) is 3.78. The summed E-state index contributed by atoms with van der Waals surface area (Å²) >= 11 is 6.06. The number of hydrogen-bond acceptors (Lipinski definition) is 1. The van der Waals surface area contributed by atoms with Crippen molar-refractivity contribution in [3.63, 3.8) is 0 Å². The van der Waals surface area contributed by atoms with Crippen LogP contribution in [0.15, 0.2) is 29.3 Å². The Morgan fingerprint density at radius 1 is 1.29 bits per heavy atom. The van der Waals surface area contributed by atoms with Crippen LogP contribution >= 0.6 is 35.6 Å². The van der Waals surface area contributed by atoms with E-state index in [1.807, 2.05) is 12.1 Å². The van der Waals surface area contributed by atoms with Crippen LogP contribution < -0.4 is 10.6 Å². The van der Waals surface area contributed by atoms with Crippen LogP contribution in [0.1, 0.15) is 38.2 Å². The Kier molecular flexibility index (Phi) is 5.77. The van der Waals surface area contributed by atoms with Gasteiger partial charge in [-0.15, -0.1) is 24.0 Å². The van der Waals surface area contributed by atoms with Gasteiger partial charge in [0.2, 0.25) is 0 Å². The molecule has 3 rings (SSSR count). The van der Waals surface area contributed by atoms with Gasteiger partial charge in [0.1, 0.15) is 0 Å². The molecule has 0 aliphatic heterocycles. The molecule has 0 bridgehead atoms. The zero-order valence-corrected chi connectivity index (χ0v) is 15.6. The zero-order chi connectivity index (χ0) is 14.1. The lowest BCUT2D eigenvalue weighted by atomic mass is 10.1. The number of nitrogens with zero attached hydrogens (tertiary/aromatic N) is 1. The highest BCUT2D eigenvalue weighted by atomic mass is 127. The molecular weight excluding hydrogens is 397 g/mol. The normalized spacial score (nSPS) is 30.3.